The number of carbonyl (C=O) groups excluding carboxylic acids is 2. The highest BCUT2D eigenvalue weighted by Crippen LogP contribution is 2.07. The van der Waals surface area contributed by atoms with Crippen molar-refractivity contribution < 1.29 is 9.59 Å². The van der Waals surface area contributed by atoms with Crippen LogP contribution in [0.3, 0.4) is 0 Å². The zero-order chi connectivity index (χ0) is 13.5. The van der Waals surface area contributed by atoms with Crippen LogP contribution in [0.25, 0.3) is 0 Å². The number of likely N-dealkylation sites (N-methyl/N-ethyl adjacent to an activating group) is 1. The smallest absolute Gasteiger partial charge is 0.241 e. The molecule has 1 heterocycles. The van der Waals surface area contributed by atoms with Gasteiger partial charge in [-0.05, 0) is 32.9 Å². The van der Waals surface area contributed by atoms with Crippen LogP contribution in [0.2, 0.25) is 0 Å². The number of likely N-dealkylation sites (tertiary alicyclic amines) is 1. The van der Waals surface area contributed by atoms with E-state index in [0.29, 0.717) is 0 Å². The second-order valence-electron chi connectivity index (χ2n) is 4.80. The van der Waals surface area contributed by atoms with E-state index < -0.39 is 0 Å². The first-order valence-corrected chi connectivity index (χ1v) is 6.85. The molecule has 1 unspecified atom stereocenters. The fourth-order valence-electron chi connectivity index (χ4n) is 2.28. The fraction of sp³-hybridized carbons (Fsp3) is 0.846. The van der Waals surface area contributed by atoms with Crippen molar-refractivity contribution in [3.63, 3.8) is 0 Å². The molecule has 18 heavy (non-hydrogen) atoms. The standard InChI is InChI=1S/C13H25N3O2/c1-4-11(15(3)5-2)13(18)14-10-12(17)16-8-6-7-9-16/h11H,4-10H2,1-3H3,(H,14,18). The van der Waals surface area contributed by atoms with Crippen LogP contribution in [0.15, 0.2) is 0 Å². The molecule has 0 spiro atoms. The van der Waals surface area contributed by atoms with Gasteiger partial charge in [-0.25, -0.2) is 0 Å². The van der Waals surface area contributed by atoms with E-state index >= 15 is 0 Å². The maximum atomic E-state index is 12.0. The van der Waals surface area contributed by atoms with Crippen LogP contribution < -0.4 is 5.32 Å². The van der Waals surface area contributed by atoms with E-state index in [4.69, 9.17) is 0 Å². The van der Waals surface area contributed by atoms with Crippen molar-refractivity contribution >= 4 is 11.8 Å². The summed E-state index contributed by atoms with van der Waals surface area (Å²) in [5.74, 6) is -0.00995. The Bertz CT molecular complexity index is 288. The average molecular weight is 255 g/mol. The molecule has 1 atom stereocenters. The molecule has 1 N–H and O–H groups in total. The zero-order valence-electron chi connectivity index (χ0n) is 11.7. The second-order valence-corrected chi connectivity index (χ2v) is 4.80. The average Bonchev–Trinajstić information content (AvgIpc) is 2.90. The SMILES string of the molecule is CCC(C(=O)NCC(=O)N1CCCC1)N(C)CC. The number of nitrogens with zero attached hydrogens (tertiary/aromatic N) is 2. The third-order valence-corrected chi connectivity index (χ3v) is 3.59. The van der Waals surface area contributed by atoms with Gasteiger partial charge in [0, 0.05) is 13.1 Å². The Kier molecular flexibility index (Phi) is 6.12. The van der Waals surface area contributed by atoms with Crippen molar-refractivity contribution in [3.8, 4) is 0 Å². The second kappa shape index (κ2) is 7.36. The molecule has 0 aromatic heterocycles. The Balaban J connectivity index is 2.36. The summed E-state index contributed by atoms with van der Waals surface area (Å²) in [6.07, 6.45) is 2.92. The van der Waals surface area contributed by atoms with E-state index in [1.807, 2.05) is 30.7 Å². The summed E-state index contributed by atoms with van der Waals surface area (Å²) in [6, 6.07) is -0.138. The van der Waals surface area contributed by atoms with E-state index in [-0.39, 0.29) is 24.4 Å². The Morgan fingerprint density at radius 1 is 1.28 bits per heavy atom. The first-order chi connectivity index (χ1) is 8.60. The minimum atomic E-state index is -0.138. The number of nitrogens with one attached hydrogen (secondary N) is 1. The quantitative estimate of drug-likeness (QED) is 0.750. The van der Waals surface area contributed by atoms with Crippen LogP contribution >= 0.6 is 0 Å². The summed E-state index contributed by atoms with van der Waals surface area (Å²) in [4.78, 5) is 27.6. The van der Waals surface area contributed by atoms with Crippen molar-refractivity contribution in [3.05, 3.63) is 0 Å². The van der Waals surface area contributed by atoms with Crippen molar-refractivity contribution in [1.82, 2.24) is 15.1 Å². The van der Waals surface area contributed by atoms with Crippen molar-refractivity contribution in [2.75, 3.05) is 33.2 Å². The maximum absolute atomic E-state index is 12.0. The van der Waals surface area contributed by atoms with Gasteiger partial charge in [0.25, 0.3) is 0 Å². The zero-order valence-corrected chi connectivity index (χ0v) is 11.7. The minimum absolute atomic E-state index is 0.0369. The molecule has 1 aliphatic rings. The van der Waals surface area contributed by atoms with E-state index in [2.05, 4.69) is 5.32 Å². The highest BCUT2D eigenvalue weighted by molar-refractivity contribution is 5.87. The van der Waals surface area contributed by atoms with Gasteiger partial charge in [-0.2, -0.15) is 0 Å². The Morgan fingerprint density at radius 2 is 1.89 bits per heavy atom. The molecule has 0 bridgehead atoms. The monoisotopic (exact) mass is 255 g/mol. The Morgan fingerprint density at radius 3 is 2.39 bits per heavy atom. The van der Waals surface area contributed by atoms with Crippen LogP contribution in [0, 0.1) is 0 Å². The van der Waals surface area contributed by atoms with Gasteiger partial charge in [0.05, 0.1) is 12.6 Å². The molecule has 0 radical (unpaired) electrons. The number of hydrogen-bond donors (Lipinski definition) is 1. The molecule has 1 fully saturated rings. The van der Waals surface area contributed by atoms with Crippen LogP contribution in [-0.4, -0.2) is 60.9 Å². The third-order valence-electron chi connectivity index (χ3n) is 3.59. The minimum Gasteiger partial charge on any atom is -0.346 e. The lowest BCUT2D eigenvalue weighted by atomic mass is 10.2. The van der Waals surface area contributed by atoms with E-state index in [1.165, 1.54) is 0 Å². The Hall–Kier alpha value is -1.10. The third kappa shape index (κ3) is 3.98. The summed E-state index contributed by atoms with van der Waals surface area (Å²) in [6.45, 7) is 6.63. The number of amides is 2. The Labute approximate surface area is 110 Å². The molecular formula is C13H25N3O2. The normalized spacial score (nSPS) is 17.0. The summed E-state index contributed by atoms with van der Waals surface area (Å²) >= 11 is 0. The largest absolute Gasteiger partial charge is 0.346 e. The van der Waals surface area contributed by atoms with Crippen LogP contribution in [0.1, 0.15) is 33.1 Å². The van der Waals surface area contributed by atoms with Crippen LogP contribution in [0.4, 0.5) is 0 Å². The number of carbonyl (C=O) groups is 2. The highest BCUT2D eigenvalue weighted by Gasteiger charge is 2.22. The number of hydrogen-bond acceptors (Lipinski definition) is 3. The van der Waals surface area contributed by atoms with Gasteiger partial charge in [0.1, 0.15) is 0 Å². The molecule has 0 aromatic carbocycles. The first-order valence-electron chi connectivity index (χ1n) is 6.85. The highest BCUT2D eigenvalue weighted by atomic mass is 16.2. The molecule has 1 rings (SSSR count). The van der Waals surface area contributed by atoms with E-state index in [1.54, 1.807) is 0 Å². The molecular weight excluding hydrogens is 230 g/mol. The summed E-state index contributed by atoms with van der Waals surface area (Å²) < 4.78 is 0. The van der Waals surface area contributed by atoms with Gasteiger partial charge in [-0.3, -0.25) is 14.5 Å². The van der Waals surface area contributed by atoms with Crippen molar-refractivity contribution in [2.24, 2.45) is 0 Å². The van der Waals surface area contributed by atoms with Gasteiger partial charge in [0.15, 0.2) is 0 Å². The molecule has 5 nitrogen and oxygen atoms in total. The van der Waals surface area contributed by atoms with Crippen LogP contribution in [-0.2, 0) is 9.59 Å². The molecule has 2 amide bonds. The summed E-state index contributed by atoms with van der Waals surface area (Å²) in [5, 5.41) is 2.75. The lowest BCUT2D eigenvalue weighted by molar-refractivity contribution is -0.133. The molecule has 1 aliphatic heterocycles. The molecule has 5 heteroatoms. The first kappa shape index (κ1) is 15.0. The topological polar surface area (TPSA) is 52.7 Å². The lowest BCUT2D eigenvalue weighted by Gasteiger charge is -2.25. The van der Waals surface area contributed by atoms with Crippen molar-refractivity contribution in [1.29, 1.82) is 0 Å². The van der Waals surface area contributed by atoms with Gasteiger partial charge in [-0.1, -0.05) is 13.8 Å². The number of rotatable bonds is 6. The van der Waals surface area contributed by atoms with Gasteiger partial charge >= 0.3 is 0 Å². The predicted octanol–water partition coefficient (Wildman–Crippen LogP) is 0.455. The maximum Gasteiger partial charge on any atom is 0.241 e. The molecule has 104 valence electrons. The van der Waals surface area contributed by atoms with Gasteiger partial charge in [0.2, 0.25) is 11.8 Å². The molecule has 0 aromatic rings. The van der Waals surface area contributed by atoms with Crippen molar-refractivity contribution in [2.45, 2.75) is 39.2 Å². The van der Waals surface area contributed by atoms with Gasteiger partial charge < -0.3 is 10.2 Å². The molecule has 1 saturated heterocycles. The summed E-state index contributed by atoms with van der Waals surface area (Å²) in [7, 11) is 1.93. The van der Waals surface area contributed by atoms with Gasteiger partial charge in [-0.15, -0.1) is 0 Å². The fourth-order valence-corrected chi connectivity index (χ4v) is 2.28. The lowest BCUT2D eigenvalue weighted by Crippen LogP contribution is -2.47. The van der Waals surface area contributed by atoms with Crippen LogP contribution in [0.5, 0.6) is 0 Å². The predicted molar refractivity (Wildman–Crippen MR) is 71.2 cm³/mol. The molecule has 0 saturated carbocycles. The van der Waals surface area contributed by atoms with E-state index in [9.17, 15) is 9.59 Å². The molecule has 0 aliphatic carbocycles. The van der Waals surface area contributed by atoms with E-state index in [0.717, 1.165) is 38.9 Å². The summed E-state index contributed by atoms with van der Waals surface area (Å²) in [5.41, 5.74) is 0.